The number of hydrogen-bond donors (Lipinski definition) is 1. The maximum atomic E-state index is 12.8. The van der Waals surface area contributed by atoms with Crippen LogP contribution in [-0.4, -0.2) is 80.3 Å². The van der Waals surface area contributed by atoms with Crippen molar-refractivity contribution in [2.75, 3.05) is 39.3 Å². The van der Waals surface area contributed by atoms with Crippen molar-refractivity contribution in [3.05, 3.63) is 30.3 Å². The summed E-state index contributed by atoms with van der Waals surface area (Å²) in [5, 5.41) is 7.12. The fourth-order valence-corrected chi connectivity index (χ4v) is 6.02. The van der Waals surface area contributed by atoms with E-state index in [9.17, 15) is 21.6 Å². The highest BCUT2D eigenvalue weighted by molar-refractivity contribution is 7.89. The molecule has 0 aliphatic carbocycles. The van der Waals surface area contributed by atoms with Crippen molar-refractivity contribution < 1.29 is 36.2 Å². The number of likely N-dealkylation sites (tertiary alicyclic amines) is 1. The molecular formula is C21H29F3N2O5S. The van der Waals surface area contributed by atoms with E-state index in [1.54, 1.807) is 28.6 Å². The first-order valence-corrected chi connectivity index (χ1v) is 12.2. The molecule has 0 radical (unpaired) electrons. The summed E-state index contributed by atoms with van der Waals surface area (Å²) in [6.45, 7) is 5.47. The van der Waals surface area contributed by atoms with Crippen LogP contribution in [0.4, 0.5) is 13.2 Å². The van der Waals surface area contributed by atoms with Gasteiger partial charge in [0, 0.05) is 19.6 Å². The van der Waals surface area contributed by atoms with Crippen LogP contribution in [0.25, 0.3) is 0 Å². The maximum Gasteiger partial charge on any atom is 0.490 e. The number of carboxylic acid groups (broad SMARTS) is 1. The molecule has 3 heterocycles. The molecule has 32 heavy (non-hydrogen) atoms. The zero-order chi connectivity index (χ0) is 23.4. The lowest BCUT2D eigenvalue weighted by Crippen LogP contribution is -2.43. The number of halogens is 3. The van der Waals surface area contributed by atoms with Gasteiger partial charge in [0.1, 0.15) is 0 Å². The van der Waals surface area contributed by atoms with E-state index in [1.165, 1.54) is 25.9 Å². The summed E-state index contributed by atoms with van der Waals surface area (Å²) in [4.78, 5) is 11.8. The number of carboxylic acids is 1. The lowest BCUT2D eigenvalue weighted by Gasteiger charge is -2.37. The first-order valence-electron chi connectivity index (χ1n) is 10.7. The number of alkyl halides is 3. The molecule has 11 heteroatoms. The number of hydrogen-bond acceptors (Lipinski definition) is 5. The Morgan fingerprint density at radius 2 is 1.66 bits per heavy atom. The molecule has 0 saturated carbocycles. The third-order valence-electron chi connectivity index (χ3n) is 6.35. The maximum absolute atomic E-state index is 12.8. The van der Waals surface area contributed by atoms with Crippen LogP contribution in [0.2, 0.25) is 0 Å². The molecule has 0 amide bonds. The molecule has 7 nitrogen and oxygen atoms in total. The zero-order valence-corrected chi connectivity index (χ0v) is 18.6. The fourth-order valence-electron chi connectivity index (χ4n) is 4.56. The number of sulfonamides is 1. The van der Waals surface area contributed by atoms with Gasteiger partial charge in [-0.05, 0) is 62.7 Å². The second-order valence-corrected chi connectivity index (χ2v) is 10.6. The highest BCUT2D eigenvalue weighted by Crippen LogP contribution is 2.43. The van der Waals surface area contributed by atoms with Gasteiger partial charge < -0.3 is 14.7 Å². The van der Waals surface area contributed by atoms with E-state index in [0.29, 0.717) is 24.1 Å². The number of aliphatic carboxylic acids is 1. The number of rotatable bonds is 4. The number of nitrogens with zero attached hydrogens (tertiary/aromatic N) is 2. The van der Waals surface area contributed by atoms with Gasteiger partial charge in [-0.2, -0.15) is 17.5 Å². The van der Waals surface area contributed by atoms with Gasteiger partial charge in [-0.3, -0.25) is 0 Å². The minimum absolute atomic E-state index is 0.188. The van der Waals surface area contributed by atoms with Gasteiger partial charge in [-0.1, -0.05) is 18.2 Å². The SMILES string of the molecule is O=C(O)C(F)(F)F.O=S(=O)(c1ccccc1)N1CCC2(CC1)COC(CN1CCCC1)C2. The van der Waals surface area contributed by atoms with Crippen LogP contribution >= 0.6 is 0 Å². The quantitative estimate of drug-likeness (QED) is 0.716. The molecule has 1 spiro atoms. The Kier molecular flexibility index (Phi) is 7.85. The average Bonchev–Trinajstić information content (AvgIpc) is 3.39. The highest BCUT2D eigenvalue weighted by Gasteiger charge is 2.44. The zero-order valence-electron chi connectivity index (χ0n) is 17.8. The first kappa shape index (κ1) is 24.9. The first-order chi connectivity index (χ1) is 15.0. The minimum Gasteiger partial charge on any atom is -0.475 e. The predicted octanol–water partition coefficient (Wildman–Crippen LogP) is 2.98. The molecule has 1 aromatic rings. The Balaban J connectivity index is 0.000000360. The highest BCUT2D eigenvalue weighted by atomic mass is 32.2. The summed E-state index contributed by atoms with van der Waals surface area (Å²) in [5.74, 6) is -2.76. The molecule has 3 fully saturated rings. The Hall–Kier alpha value is -1.69. The van der Waals surface area contributed by atoms with E-state index < -0.39 is 22.2 Å². The van der Waals surface area contributed by atoms with E-state index in [0.717, 1.165) is 32.4 Å². The smallest absolute Gasteiger partial charge is 0.475 e. The van der Waals surface area contributed by atoms with Crippen LogP contribution in [0.3, 0.4) is 0 Å². The second-order valence-electron chi connectivity index (χ2n) is 8.66. The summed E-state index contributed by atoms with van der Waals surface area (Å²) in [6, 6.07) is 8.79. The molecule has 3 aliphatic rings. The van der Waals surface area contributed by atoms with Crippen molar-refractivity contribution >= 4 is 16.0 Å². The monoisotopic (exact) mass is 478 g/mol. The Bertz CT molecular complexity index is 865. The van der Waals surface area contributed by atoms with Crippen LogP contribution < -0.4 is 0 Å². The average molecular weight is 479 g/mol. The van der Waals surface area contributed by atoms with Crippen LogP contribution in [0, 0.1) is 5.41 Å². The van der Waals surface area contributed by atoms with E-state index in [4.69, 9.17) is 14.6 Å². The lowest BCUT2D eigenvalue weighted by atomic mass is 9.77. The van der Waals surface area contributed by atoms with Crippen molar-refractivity contribution in [3.8, 4) is 0 Å². The van der Waals surface area contributed by atoms with Crippen molar-refractivity contribution in [3.63, 3.8) is 0 Å². The molecule has 0 bridgehead atoms. The van der Waals surface area contributed by atoms with Crippen LogP contribution in [0.1, 0.15) is 32.1 Å². The van der Waals surface area contributed by atoms with E-state index >= 15 is 0 Å². The van der Waals surface area contributed by atoms with Crippen molar-refractivity contribution in [2.24, 2.45) is 5.41 Å². The second kappa shape index (κ2) is 10.1. The van der Waals surface area contributed by atoms with Gasteiger partial charge in [-0.15, -0.1) is 0 Å². The minimum atomic E-state index is -5.08. The van der Waals surface area contributed by atoms with E-state index in [1.807, 2.05) is 6.07 Å². The molecule has 4 rings (SSSR count). The van der Waals surface area contributed by atoms with Gasteiger partial charge in [0.05, 0.1) is 17.6 Å². The lowest BCUT2D eigenvalue weighted by molar-refractivity contribution is -0.192. The van der Waals surface area contributed by atoms with E-state index in [2.05, 4.69) is 4.90 Å². The molecule has 0 aromatic heterocycles. The third-order valence-corrected chi connectivity index (χ3v) is 8.27. The molecule has 1 N–H and O–H groups in total. The number of ether oxygens (including phenoxy) is 1. The van der Waals surface area contributed by atoms with Gasteiger partial charge in [0.25, 0.3) is 0 Å². The molecule has 3 aliphatic heterocycles. The van der Waals surface area contributed by atoms with Crippen LogP contribution in [0.5, 0.6) is 0 Å². The van der Waals surface area contributed by atoms with Gasteiger partial charge in [0.15, 0.2) is 0 Å². The van der Waals surface area contributed by atoms with Gasteiger partial charge in [0.2, 0.25) is 10.0 Å². The van der Waals surface area contributed by atoms with Crippen molar-refractivity contribution in [1.82, 2.24) is 9.21 Å². The van der Waals surface area contributed by atoms with Crippen molar-refractivity contribution in [1.29, 1.82) is 0 Å². The Labute approximate surface area is 186 Å². The standard InChI is InChI=1S/C19H28N2O3S.C2HF3O2/c22-25(23,18-6-2-1-3-7-18)21-12-8-19(9-13-21)14-17(24-16-19)15-20-10-4-5-11-20;3-2(4,5)1(6)7/h1-3,6-7,17H,4-5,8-16H2;(H,6,7). The summed E-state index contributed by atoms with van der Waals surface area (Å²) in [6.07, 6.45) is 0.776. The molecule has 1 atom stereocenters. The largest absolute Gasteiger partial charge is 0.490 e. The number of piperidine rings is 1. The summed E-state index contributed by atoms with van der Waals surface area (Å²) in [5.41, 5.74) is 0.188. The molecular weight excluding hydrogens is 449 g/mol. The summed E-state index contributed by atoms with van der Waals surface area (Å²) in [7, 11) is -3.36. The molecule has 180 valence electrons. The number of benzene rings is 1. The van der Waals surface area contributed by atoms with Crippen LogP contribution in [-0.2, 0) is 19.6 Å². The van der Waals surface area contributed by atoms with Gasteiger partial charge >= 0.3 is 12.1 Å². The Morgan fingerprint density at radius 1 is 1.09 bits per heavy atom. The third kappa shape index (κ3) is 6.21. The van der Waals surface area contributed by atoms with E-state index in [-0.39, 0.29) is 5.41 Å². The topological polar surface area (TPSA) is 87.1 Å². The molecule has 1 unspecified atom stereocenters. The summed E-state index contributed by atoms with van der Waals surface area (Å²) >= 11 is 0. The van der Waals surface area contributed by atoms with Crippen molar-refractivity contribution in [2.45, 2.75) is 49.3 Å². The van der Waals surface area contributed by atoms with Crippen LogP contribution in [0.15, 0.2) is 35.2 Å². The summed E-state index contributed by atoms with van der Waals surface area (Å²) < 4.78 is 65.0. The number of carbonyl (C=O) groups is 1. The normalized spacial score (nSPS) is 24.3. The van der Waals surface area contributed by atoms with Gasteiger partial charge in [-0.25, -0.2) is 13.2 Å². The predicted molar refractivity (Wildman–Crippen MR) is 111 cm³/mol. The fraction of sp³-hybridized carbons (Fsp3) is 0.667. The Morgan fingerprint density at radius 3 is 2.19 bits per heavy atom. The molecule has 1 aromatic carbocycles. The molecule has 3 saturated heterocycles.